The van der Waals surface area contributed by atoms with Crippen LogP contribution in [-0.4, -0.2) is 16.9 Å². The lowest BCUT2D eigenvalue weighted by Crippen LogP contribution is -2.28. The number of carbonyl (C=O) groups excluding carboxylic acids is 1. The normalized spacial score (nSPS) is 11.5. The number of rotatable bonds is 6. The predicted octanol–water partition coefficient (Wildman–Crippen LogP) is 5.39. The highest BCUT2D eigenvalue weighted by molar-refractivity contribution is 8.00. The molecule has 3 nitrogen and oxygen atoms in total. The van der Waals surface area contributed by atoms with E-state index in [0.717, 1.165) is 21.7 Å². The second-order valence-corrected chi connectivity index (χ2v) is 7.73. The van der Waals surface area contributed by atoms with Gasteiger partial charge in [-0.2, -0.15) is 5.10 Å². The van der Waals surface area contributed by atoms with Gasteiger partial charge in [0.15, 0.2) is 0 Å². The van der Waals surface area contributed by atoms with Gasteiger partial charge in [-0.05, 0) is 31.2 Å². The van der Waals surface area contributed by atoms with Crippen LogP contribution in [0.3, 0.4) is 0 Å². The van der Waals surface area contributed by atoms with E-state index in [1.165, 1.54) is 11.8 Å². The Morgan fingerprint density at radius 1 is 0.889 bits per heavy atom. The Morgan fingerprint density at radius 2 is 1.41 bits per heavy atom. The molecule has 3 aromatic carbocycles. The van der Waals surface area contributed by atoms with Gasteiger partial charge in [-0.1, -0.05) is 72.3 Å². The molecule has 1 N–H and O–H groups in total. The molecule has 136 valence electrons. The van der Waals surface area contributed by atoms with Gasteiger partial charge >= 0.3 is 0 Å². The van der Waals surface area contributed by atoms with Crippen LogP contribution in [0.25, 0.3) is 0 Å². The van der Waals surface area contributed by atoms with Gasteiger partial charge in [0, 0.05) is 21.0 Å². The first-order chi connectivity index (χ1) is 13.1. The number of halogens is 1. The zero-order valence-electron chi connectivity index (χ0n) is 14.8. The maximum Gasteiger partial charge on any atom is 0.253 e. The number of nitrogens with one attached hydrogen (secondary N) is 1. The SMILES string of the molecule is C[C@@H](Sc1ccc(Cl)cc1)C(=O)NN=C(c1ccccc1)c1ccccc1. The Balaban J connectivity index is 1.75. The Hall–Kier alpha value is -2.56. The topological polar surface area (TPSA) is 41.5 Å². The third kappa shape index (κ3) is 5.46. The summed E-state index contributed by atoms with van der Waals surface area (Å²) in [6.07, 6.45) is 0. The smallest absolute Gasteiger partial charge is 0.253 e. The molecule has 0 saturated carbocycles. The van der Waals surface area contributed by atoms with Crippen LogP contribution in [0.2, 0.25) is 5.02 Å². The fourth-order valence-electron chi connectivity index (χ4n) is 2.46. The van der Waals surface area contributed by atoms with E-state index >= 15 is 0 Å². The highest BCUT2D eigenvalue weighted by Crippen LogP contribution is 2.24. The Labute approximate surface area is 168 Å². The third-order valence-corrected chi connectivity index (χ3v) is 5.23. The van der Waals surface area contributed by atoms with Gasteiger partial charge in [-0.3, -0.25) is 4.79 Å². The van der Waals surface area contributed by atoms with E-state index in [4.69, 9.17) is 11.6 Å². The average molecular weight is 395 g/mol. The van der Waals surface area contributed by atoms with Gasteiger partial charge < -0.3 is 0 Å². The number of hydrogen-bond acceptors (Lipinski definition) is 3. The van der Waals surface area contributed by atoms with Crippen LogP contribution < -0.4 is 5.43 Å². The van der Waals surface area contributed by atoms with Crippen LogP contribution in [0.15, 0.2) is 94.9 Å². The van der Waals surface area contributed by atoms with Crippen LogP contribution in [0.5, 0.6) is 0 Å². The minimum absolute atomic E-state index is 0.153. The summed E-state index contributed by atoms with van der Waals surface area (Å²) in [5.74, 6) is -0.153. The highest BCUT2D eigenvalue weighted by Gasteiger charge is 2.15. The number of hydrazone groups is 1. The summed E-state index contributed by atoms with van der Waals surface area (Å²) in [4.78, 5) is 13.5. The van der Waals surface area contributed by atoms with Crippen molar-refractivity contribution in [3.05, 3.63) is 101 Å². The van der Waals surface area contributed by atoms with E-state index in [1.807, 2.05) is 91.9 Å². The van der Waals surface area contributed by atoms with E-state index in [-0.39, 0.29) is 11.2 Å². The minimum Gasteiger partial charge on any atom is -0.272 e. The summed E-state index contributed by atoms with van der Waals surface area (Å²) in [6, 6.07) is 27.1. The second-order valence-electron chi connectivity index (χ2n) is 5.88. The first-order valence-electron chi connectivity index (χ1n) is 8.54. The highest BCUT2D eigenvalue weighted by atomic mass is 35.5. The van der Waals surface area contributed by atoms with Crippen molar-refractivity contribution >= 4 is 35.0 Å². The van der Waals surface area contributed by atoms with Crippen molar-refractivity contribution in [1.29, 1.82) is 0 Å². The Bertz CT molecular complexity index is 871. The predicted molar refractivity (Wildman–Crippen MR) is 113 cm³/mol. The summed E-state index contributed by atoms with van der Waals surface area (Å²) in [5, 5.41) is 4.81. The van der Waals surface area contributed by atoms with E-state index in [2.05, 4.69) is 10.5 Å². The fourth-order valence-corrected chi connectivity index (χ4v) is 3.45. The maximum absolute atomic E-state index is 12.5. The molecular weight excluding hydrogens is 376 g/mol. The molecular formula is C22H19ClN2OS. The Morgan fingerprint density at radius 3 is 1.93 bits per heavy atom. The summed E-state index contributed by atoms with van der Waals surface area (Å²) in [6.45, 7) is 1.86. The molecule has 0 spiro atoms. The number of amides is 1. The number of thioether (sulfide) groups is 1. The molecule has 27 heavy (non-hydrogen) atoms. The van der Waals surface area contributed by atoms with Gasteiger partial charge in [0.2, 0.25) is 0 Å². The lowest BCUT2D eigenvalue weighted by atomic mass is 10.0. The maximum atomic E-state index is 12.5. The van der Waals surface area contributed by atoms with Crippen LogP contribution >= 0.6 is 23.4 Å². The van der Waals surface area contributed by atoms with E-state index in [0.29, 0.717) is 5.02 Å². The van der Waals surface area contributed by atoms with Crippen molar-refractivity contribution in [1.82, 2.24) is 5.43 Å². The van der Waals surface area contributed by atoms with Gasteiger partial charge in [0.05, 0.1) is 11.0 Å². The van der Waals surface area contributed by atoms with Gasteiger partial charge in [0.1, 0.15) is 0 Å². The van der Waals surface area contributed by atoms with Crippen molar-refractivity contribution in [2.24, 2.45) is 5.10 Å². The molecule has 1 amide bonds. The molecule has 0 heterocycles. The third-order valence-electron chi connectivity index (χ3n) is 3.87. The van der Waals surface area contributed by atoms with Gasteiger partial charge in [-0.25, -0.2) is 5.43 Å². The molecule has 3 aromatic rings. The average Bonchev–Trinajstić information content (AvgIpc) is 2.71. The lowest BCUT2D eigenvalue weighted by Gasteiger charge is -2.11. The molecule has 1 atom stereocenters. The molecule has 0 saturated heterocycles. The van der Waals surface area contributed by atoms with Crippen molar-refractivity contribution < 1.29 is 4.79 Å². The van der Waals surface area contributed by atoms with Gasteiger partial charge in [0.25, 0.3) is 5.91 Å². The van der Waals surface area contributed by atoms with Crippen LogP contribution in [0.4, 0.5) is 0 Å². The summed E-state index contributed by atoms with van der Waals surface area (Å²) in [7, 11) is 0. The van der Waals surface area contributed by atoms with Crippen molar-refractivity contribution in [2.75, 3.05) is 0 Å². The first kappa shape index (κ1) is 19.2. The lowest BCUT2D eigenvalue weighted by molar-refractivity contribution is -0.120. The number of nitrogens with zero attached hydrogens (tertiary/aromatic N) is 1. The quantitative estimate of drug-likeness (QED) is 0.346. The molecule has 0 aliphatic rings. The van der Waals surface area contributed by atoms with Crippen molar-refractivity contribution in [3.63, 3.8) is 0 Å². The zero-order chi connectivity index (χ0) is 19.1. The molecule has 0 fully saturated rings. The van der Waals surface area contributed by atoms with E-state index in [1.54, 1.807) is 0 Å². The second kappa shape index (κ2) is 9.40. The fraction of sp³-hybridized carbons (Fsp3) is 0.0909. The minimum atomic E-state index is -0.289. The van der Waals surface area contributed by atoms with Crippen molar-refractivity contribution in [3.8, 4) is 0 Å². The largest absolute Gasteiger partial charge is 0.272 e. The standard InChI is InChI=1S/C22H19ClN2OS/c1-16(27-20-14-12-19(23)13-15-20)22(26)25-24-21(17-8-4-2-5-9-17)18-10-6-3-7-11-18/h2-16H,1H3,(H,25,26)/t16-/m1/s1. The molecule has 5 heteroatoms. The summed E-state index contributed by atoms with van der Waals surface area (Å²) < 4.78 is 0. The van der Waals surface area contributed by atoms with E-state index in [9.17, 15) is 4.79 Å². The van der Waals surface area contributed by atoms with E-state index < -0.39 is 0 Å². The molecule has 0 aromatic heterocycles. The number of hydrogen-bond donors (Lipinski definition) is 1. The molecule has 0 aliphatic heterocycles. The number of carbonyl (C=O) groups is 1. The van der Waals surface area contributed by atoms with Crippen LogP contribution in [-0.2, 0) is 4.79 Å². The molecule has 0 radical (unpaired) electrons. The first-order valence-corrected chi connectivity index (χ1v) is 9.80. The van der Waals surface area contributed by atoms with Crippen molar-refractivity contribution in [2.45, 2.75) is 17.1 Å². The van der Waals surface area contributed by atoms with Crippen LogP contribution in [0.1, 0.15) is 18.1 Å². The Kier molecular flexibility index (Phi) is 6.69. The summed E-state index contributed by atoms with van der Waals surface area (Å²) in [5.41, 5.74) is 5.34. The summed E-state index contributed by atoms with van der Waals surface area (Å²) >= 11 is 7.37. The molecule has 3 rings (SSSR count). The molecule has 0 bridgehead atoms. The zero-order valence-corrected chi connectivity index (χ0v) is 16.4. The monoisotopic (exact) mass is 394 g/mol. The number of benzene rings is 3. The van der Waals surface area contributed by atoms with Gasteiger partial charge in [-0.15, -0.1) is 11.8 Å². The molecule has 0 unspecified atom stereocenters. The van der Waals surface area contributed by atoms with Crippen LogP contribution in [0, 0.1) is 0 Å². The molecule has 0 aliphatic carbocycles.